The molecule has 3 aliphatic rings. The summed E-state index contributed by atoms with van der Waals surface area (Å²) in [5.41, 5.74) is 8.57. The van der Waals surface area contributed by atoms with E-state index in [0.717, 1.165) is 50.7 Å². The summed E-state index contributed by atoms with van der Waals surface area (Å²) in [4.78, 5) is 28.7. The number of rotatable bonds is 12. The highest BCUT2D eigenvalue weighted by Crippen LogP contribution is 2.49. The average Bonchev–Trinajstić information content (AvgIpc) is 3.72. The maximum atomic E-state index is 12.7. The normalized spacial score (nSPS) is 19.4. The van der Waals surface area contributed by atoms with Gasteiger partial charge in [0.2, 0.25) is 18.0 Å². The summed E-state index contributed by atoms with van der Waals surface area (Å²) < 4.78 is 3.98. The van der Waals surface area contributed by atoms with Gasteiger partial charge in [0.25, 0.3) is 0 Å². The zero-order chi connectivity index (χ0) is 35.6. The van der Waals surface area contributed by atoms with Crippen molar-refractivity contribution in [2.45, 2.75) is 66.5 Å². The van der Waals surface area contributed by atoms with Gasteiger partial charge in [-0.1, -0.05) is 110 Å². The van der Waals surface area contributed by atoms with Gasteiger partial charge in [-0.05, 0) is 80.4 Å². The lowest BCUT2D eigenvalue weighted by molar-refractivity contribution is -0.424. The molecule has 0 saturated heterocycles. The van der Waals surface area contributed by atoms with E-state index < -0.39 is 0 Å². The Labute approximate surface area is 308 Å². The molecule has 1 aromatic heterocycles. The first-order valence-electron chi connectivity index (χ1n) is 16.8. The zero-order valence-corrected chi connectivity index (χ0v) is 31.8. The Morgan fingerprint density at radius 3 is 2.32 bits per heavy atom. The highest BCUT2D eigenvalue weighted by Gasteiger charge is 2.45. The molecule has 0 radical (unpaired) electrons. The van der Waals surface area contributed by atoms with Gasteiger partial charge in [-0.2, -0.15) is 4.58 Å². The summed E-state index contributed by atoms with van der Waals surface area (Å²) in [6, 6.07) is 16.7. The van der Waals surface area contributed by atoms with Gasteiger partial charge >= 0.3 is 0 Å². The number of para-hydroxylation sites is 2. The summed E-state index contributed by atoms with van der Waals surface area (Å²) >= 11 is 4.89. The topological polar surface area (TPSA) is 66.2 Å². The molecule has 0 fully saturated rings. The van der Waals surface area contributed by atoms with Gasteiger partial charge in [0, 0.05) is 39.4 Å². The van der Waals surface area contributed by atoms with E-state index in [1.165, 1.54) is 39.3 Å². The summed E-state index contributed by atoms with van der Waals surface area (Å²) in [5.74, 6) is -0.0343. The number of benzene rings is 2. The van der Waals surface area contributed by atoms with E-state index in [1.807, 2.05) is 18.4 Å². The summed E-state index contributed by atoms with van der Waals surface area (Å²) in [6.45, 7) is 16.9. The van der Waals surface area contributed by atoms with Crippen molar-refractivity contribution in [3.8, 4) is 0 Å². The number of carbonyl (C=O) groups excluding carboxylic acids is 2. The van der Waals surface area contributed by atoms with Crippen LogP contribution in [0.3, 0.4) is 0 Å². The lowest BCUT2D eigenvalue weighted by Crippen LogP contribution is -2.30. The van der Waals surface area contributed by atoms with Gasteiger partial charge in [-0.15, -0.1) is 10.2 Å². The largest absolute Gasteiger partial charge is 0.336 e. The minimum Gasteiger partial charge on any atom is -0.336 e. The molecule has 1 aliphatic carbocycles. The van der Waals surface area contributed by atoms with Crippen molar-refractivity contribution >= 4 is 63.5 Å². The van der Waals surface area contributed by atoms with Crippen molar-refractivity contribution in [2.75, 3.05) is 24.2 Å². The number of nitrogens with zero attached hydrogens (tertiary/aromatic N) is 4. The SMILES string of the molecule is C=CC(=O)CN1/C(=C/C=C2\CCCC(/C=C/C3=[N+](CC(=O)C=C)c4ccccc4C3(C)C)=C2Sc2nnc(SC)s2)C(C)(C)c2ccccc21. The lowest BCUT2D eigenvalue weighted by atomic mass is 9.81. The molecule has 0 N–H and O–H groups in total. The quantitative estimate of drug-likeness (QED) is 0.105. The monoisotopic (exact) mass is 719 g/mol. The van der Waals surface area contributed by atoms with Crippen LogP contribution in [-0.4, -0.2) is 51.4 Å². The highest BCUT2D eigenvalue weighted by molar-refractivity contribution is 8.05. The highest BCUT2D eigenvalue weighted by atomic mass is 32.2. The third-order valence-corrected chi connectivity index (χ3v) is 13.0. The first-order chi connectivity index (χ1) is 24.0. The lowest BCUT2D eigenvalue weighted by Gasteiger charge is -2.27. The molecular formula is C41H43N4O2S3+. The number of hydrogen-bond acceptors (Lipinski definition) is 8. The van der Waals surface area contributed by atoms with Crippen molar-refractivity contribution < 1.29 is 14.2 Å². The van der Waals surface area contributed by atoms with Gasteiger partial charge < -0.3 is 4.90 Å². The molecular weight excluding hydrogens is 677 g/mol. The predicted octanol–water partition coefficient (Wildman–Crippen LogP) is 9.54. The molecule has 0 spiro atoms. The van der Waals surface area contributed by atoms with Crippen LogP contribution in [0.4, 0.5) is 11.4 Å². The second kappa shape index (κ2) is 14.7. The second-order valence-corrected chi connectivity index (χ2v) is 16.9. The fourth-order valence-electron chi connectivity index (χ4n) is 7.18. The molecule has 256 valence electrons. The van der Waals surface area contributed by atoms with Crippen LogP contribution in [0.5, 0.6) is 0 Å². The number of ketones is 2. The van der Waals surface area contributed by atoms with Crippen molar-refractivity contribution in [1.29, 1.82) is 0 Å². The van der Waals surface area contributed by atoms with Gasteiger partial charge in [-0.3, -0.25) is 9.59 Å². The van der Waals surface area contributed by atoms with E-state index in [4.69, 9.17) is 0 Å². The van der Waals surface area contributed by atoms with Crippen LogP contribution in [0.1, 0.15) is 58.1 Å². The van der Waals surface area contributed by atoms with Crippen molar-refractivity contribution in [2.24, 2.45) is 0 Å². The summed E-state index contributed by atoms with van der Waals surface area (Å²) in [6.07, 6.45) is 16.6. The van der Waals surface area contributed by atoms with E-state index in [1.54, 1.807) is 34.9 Å². The number of carbonyl (C=O) groups is 2. The molecule has 6 nitrogen and oxygen atoms in total. The molecule has 0 unspecified atom stereocenters. The van der Waals surface area contributed by atoms with E-state index in [-0.39, 0.29) is 35.5 Å². The van der Waals surface area contributed by atoms with Crippen LogP contribution in [0, 0.1) is 0 Å². The molecule has 0 atom stereocenters. The first kappa shape index (κ1) is 35.8. The Kier molecular flexibility index (Phi) is 10.5. The van der Waals surface area contributed by atoms with Gasteiger partial charge in [-0.25, -0.2) is 0 Å². The number of anilines is 1. The summed E-state index contributed by atoms with van der Waals surface area (Å²) in [7, 11) is 0. The first-order valence-corrected chi connectivity index (χ1v) is 19.7. The molecule has 6 rings (SSSR count). The zero-order valence-electron chi connectivity index (χ0n) is 29.4. The number of fused-ring (bicyclic) bond motifs is 2. The van der Waals surface area contributed by atoms with E-state index in [9.17, 15) is 9.59 Å². The number of hydrogen-bond donors (Lipinski definition) is 0. The van der Waals surface area contributed by atoms with E-state index in [0.29, 0.717) is 0 Å². The number of aromatic nitrogens is 2. The van der Waals surface area contributed by atoms with E-state index in [2.05, 4.69) is 121 Å². The van der Waals surface area contributed by atoms with Crippen LogP contribution in [0.15, 0.2) is 129 Å². The Balaban J connectivity index is 1.46. The minimum atomic E-state index is -0.290. The number of allylic oxidation sites excluding steroid dienone is 7. The third kappa shape index (κ3) is 6.83. The van der Waals surface area contributed by atoms with Crippen LogP contribution < -0.4 is 4.90 Å². The molecule has 2 aromatic carbocycles. The second-order valence-electron chi connectivity index (χ2n) is 13.6. The molecule has 0 bridgehead atoms. The van der Waals surface area contributed by atoms with Gasteiger partial charge in [0.15, 0.2) is 20.2 Å². The fraction of sp³-hybridized carbons (Fsp3) is 0.293. The molecule has 2 aliphatic heterocycles. The van der Waals surface area contributed by atoms with Crippen molar-refractivity contribution in [3.05, 3.63) is 131 Å². The average molecular weight is 720 g/mol. The Bertz CT molecular complexity index is 2040. The Hall–Kier alpha value is -4.05. The maximum Gasteiger partial charge on any atom is 0.219 e. The minimum absolute atomic E-state index is 0.0172. The molecule has 0 saturated carbocycles. The molecule has 50 heavy (non-hydrogen) atoms. The molecule has 3 heterocycles. The number of thioether (sulfide) groups is 2. The van der Waals surface area contributed by atoms with E-state index >= 15 is 0 Å². The van der Waals surface area contributed by atoms with Crippen LogP contribution in [-0.2, 0) is 20.4 Å². The standard InChI is InChI=1S/C41H43N4O2S3/c1-8-29(46)25-44-33-19-12-10-17-31(33)40(3,4)35(44)23-21-27-15-14-16-28(37(27)49-39-43-42-38(48-7)50-39)22-24-36-41(5,6)32-18-11-13-20-34(32)45(36)26-30(47)9-2/h8-13,17-24H,1-2,14-16,25-26H2,3-7H3/q+1. The Morgan fingerprint density at radius 2 is 1.60 bits per heavy atom. The maximum absolute atomic E-state index is 12.7. The third-order valence-electron chi connectivity index (χ3n) is 9.79. The Morgan fingerprint density at radius 1 is 0.900 bits per heavy atom. The molecule has 9 heteroatoms. The van der Waals surface area contributed by atoms with Crippen molar-refractivity contribution in [3.63, 3.8) is 0 Å². The molecule has 0 amide bonds. The van der Waals surface area contributed by atoms with Gasteiger partial charge in [0.1, 0.15) is 0 Å². The van der Waals surface area contributed by atoms with Gasteiger partial charge in [0.05, 0.1) is 12.0 Å². The summed E-state index contributed by atoms with van der Waals surface area (Å²) in [5, 5.41) is 8.91. The van der Waals surface area contributed by atoms with Crippen LogP contribution >= 0.6 is 34.9 Å². The van der Waals surface area contributed by atoms with Crippen LogP contribution in [0.2, 0.25) is 0 Å². The smallest absolute Gasteiger partial charge is 0.219 e. The van der Waals surface area contributed by atoms with Crippen molar-refractivity contribution in [1.82, 2.24) is 10.2 Å². The predicted molar refractivity (Wildman–Crippen MR) is 210 cm³/mol. The molecule has 3 aromatic rings. The fourth-order valence-corrected chi connectivity index (χ4v) is 9.86. The van der Waals surface area contributed by atoms with Crippen LogP contribution in [0.25, 0.3) is 0 Å².